The van der Waals surface area contributed by atoms with Gasteiger partial charge in [0, 0.05) is 42.0 Å². The molecule has 2 aromatic rings. The summed E-state index contributed by atoms with van der Waals surface area (Å²) in [4.78, 5) is 17.1. The lowest BCUT2D eigenvalue weighted by atomic mass is 9.97. The summed E-state index contributed by atoms with van der Waals surface area (Å²) < 4.78 is 18.2. The Morgan fingerprint density at radius 2 is 2.23 bits per heavy atom. The Kier molecular flexibility index (Phi) is 5.60. The van der Waals surface area contributed by atoms with Gasteiger partial charge in [-0.15, -0.1) is 0 Å². The number of aromatic nitrogens is 2. The van der Waals surface area contributed by atoms with Crippen LogP contribution in [0, 0.1) is 5.41 Å². The zero-order valence-electron chi connectivity index (χ0n) is 14.6. The number of amides is 1. The average molecular weight is 359 g/mol. The molecule has 7 nitrogen and oxygen atoms in total. The lowest BCUT2D eigenvalue weighted by molar-refractivity contribution is -0.119. The maximum absolute atomic E-state index is 12.8. The smallest absolute Gasteiger partial charge is 0.230 e. The Bertz CT molecular complexity index is 771. The molecule has 1 aliphatic heterocycles. The largest absolute Gasteiger partial charge is 0.379 e. The Morgan fingerprint density at radius 1 is 1.46 bits per heavy atom. The fourth-order valence-corrected chi connectivity index (χ4v) is 3.02. The quantitative estimate of drug-likeness (QED) is 0.585. The minimum atomic E-state index is -0.506. The third kappa shape index (κ3) is 3.89. The molecule has 0 radical (unpaired) electrons. The van der Waals surface area contributed by atoms with E-state index in [0.717, 1.165) is 24.8 Å². The third-order valence-electron chi connectivity index (χ3n) is 4.57. The van der Waals surface area contributed by atoms with Crippen LogP contribution in [0.25, 0.3) is 11.4 Å². The molecule has 0 aliphatic carbocycles. The number of alkyl halides is 1. The summed E-state index contributed by atoms with van der Waals surface area (Å²) in [5.74, 6) is 1.19. The minimum absolute atomic E-state index is 0.150. The fourth-order valence-electron chi connectivity index (χ4n) is 3.02. The summed E-state index contributed by atoms with van der Waals surface area (Å²) in [5.41, 5.74) is 2.07. The molecule has 1 amide bonds. The number of hydrogen-bond donors (Lipinski definition) is 2. The molecule has 2 N–H and O–H groups in total. The molecule has 3 rings (SSSR count). The van der Waals surface area contributed by atoms with E-state index in [2.05, 4.69) is 15.5 Å². The van der Waals surface area contributed by atoms with Gasteiger partial charge in [-0.1, -0.05) is 17.3 Å². The first kappa shape index (κ1) is 18.0. The molecule has 2 heterocycles. The summed E-state index contributed by atoms with van der Waals surface area (Å²) in [5, 5.41) is 14.6. The molecule has 138 valence electrons. The van der Waals surface area contributed by atoms with Crippen LogP contribution < -0.4 is 5.32 Å². The number of benzene rings is 1. The van der Waals surface area contributed by atoms with Crippen molar-refractivity contribution in [2.24, 2.45) is 0 Å². The summed E-state index contributed by atoms with van der Waals surface area (Å²) in [6.45, 7) is 2.61. The number of halogens is 1. The van der Waals surface area contributed by atoms with Gasteiger partial charge in [0.2, 0.25) is 18.1 Å². The maximum atomic E-state index is 12.8. The SMILES string of the molecule is CC(CF)Nc1cc(-c2noc(C3CCN(C=O)CC3)n2)ccc1C=N. The highest BCUT2D eigenvalue weighted by atomic mass is 19.1. The molecule has 0 spiro atoms. The predicted octanol–water partition coefficient (Wildman–Crippen LogP) is 2.84. The fraction of sp³-hybridized carbons (Fsp3) is 0.444. The van der Waals surface area contributed by atoms with Crippen molar-refractivity contribution in [1.29, 1.82) is 5.41 Å². The number of likely N-dealkylation sites (tertiary alicyclic amines) is 1. The van der Waals surface area contributed by atoms with Gasteiger partial charge in [-0.25, -0.2) is 4.39 Å². The van der Waals surface area contributed by atoms with Crippen LogP contribution in [0.1, 0.15) is 37.1 Å². The maximum Gasteiger partial charge on any atom is 0.230 e. The van der Waals surface area contributed by atoms with Gasteiger partial charge in [-0.05, 0) is 25.8 Å². The Hall–Kier alpha value is -2.77. The monoisotopic (exact) mass is 359 g/mol. The van der Waals surface area contributed by atoms with Crippen molar-refractivity contribution < 1.29 is 13.7 Å². The van der Waals surface area contributed by atoms with Crippen LogP contribution in [0.3, 0.4) is 0 Å². The highest BCUT2D eigenvalue weighted by Crippen LogP contribution is 2.29. The van der Waals surface area contributed by atoms with Gasteiger partial charge in [0.1, 0.15) is 6.67 Å². The van der Waals surface area contributed by atoms with E-state index in [1.54, 1.807) is 24.0 Å². The average Bonchev–Trinajstić information content (AvgIpc) is 3.18. The van der Waals surface area contributed by atoms with E-state index in [9.17, 15) is 9.18 Å². The number of hydrogen-bond acceptors (Lipinski definition) is 6. The van der Waals surface area contributed by atoms with Crippen LogP contribution in [0.15, 0.2) is 22.7 Å². The van der Waals surface area contributed by atoms with Gasteiger partial charge in [-0.2, -0.15) is 4.98 Å². The summed E-state index contributed by atoms with van der Waals surface area (Å²) in [6, 6.07) is 5.03. The Labute approximate surface area is 151 Å². The summed E-state index contributed by atoms with van der Waals surface area (Å²) in [7, 11) is 0. The highest BCUT2D eigenvalue weighted by Gasteiger charge is 2.25. The van der Waals surface area contributed by atoms with E-state index in [1.165, 1.54) is 6.21 Å². The number of rotatable bonds is 7. The minimum Gasteiger partial charge on any atom is -0.379 e. The second-order valence-electron chi connectivity index (χ2n) is 6.52. The van der Waals surface area contributed by atoms with Gasteiger partial charge in [0.15, 0.2) is 0 Å². The molecule has 0 saturated carbocycles. The highest BCUT2D eigenvalue weighted by molar-refractivity contribution is 5.87. The summed E-state index contributed by atoms with van der Waals surface area (Å²) >= 11 is 0. The van der Waals surface area contributed by atoms with Crippen LogP contribution in [0.2, 0.25) is 0 Å². The molecule has 1 aromatic heterocycles. The van der Waals surface area contributed by atoms with Crippen molar-refractivity contribution in [3.05, 3.63) is 29.7 Å². The lowest BCUT2D eigenvalue weighted by Gasteiger charge is -2.26. The molecule has 1 atom stereocenters. The number of anilines is 1. The first-order chi connectivity index (χ1) is 12.6. The number of nitrogens with zero attached hydrogens (tertiary/aromatic N) is 3. The number of nitrogens with one attached hydrogen (secondary N) is 2. The molecular formula is C18H22FN5O2. The second kappa shape index (κ2) is 8.07. The van der Waals surface area contributed by atoms with E-state index >= 15 is 0 Å². The van der Waals surface area contributed by atoms with Crippen molar-refractivity contribution in [2.45, 2.75) is 31.7 Å². The van der Waals surface area contributed by atoms with Crippen molar-refractivity contribution in [3.8, 4) is 11.4 Å². The van der Waals surface area contributed by atoms with Crippen LogP contribution in [0.5, 0.6) is 0 Å². The zero-order chi connectivity index (χ0) is 18.5. The van der Waals surface area contributed by atoms with Gasteiger partial charge < -0.3 is 20.1 Å². The van der Waals surface area contributed by atoms with E-state index in [1.807, 2.05) is 6.07 Å². The molecule has 26 heavy (non-hydrogen) atoms. The number of piperidine rings is 1. The molecule has 1 fully saturated rings. The normalized spacial score (nSPS) is 16.3. The van der Waals surface area contributed by atoms with Crippen LogP contribution in [-0.4, -0.2) is 53.5 Å². The van der Waals surface area contributed by atoms with Crippen LogP contribution in [-0.2, 0) is 4.79 Å². The third-order valence-corrected chi connectivity index (χ3v) is 4.57. The molecule has 1 aromatic carbocycles. The number of carbonyl (C=O) groups excluding carboxylic acids is 1. The molecule has 1 unspecified atom stereocenters. The topological polar surface area (TPSA) is 95.1 Å². The zero-order valence-corrected chi connectivity index (χ0v) is 14.6. The van der Waals surface area contributed by atoms with Gasteiger partial charge in [-0.3, -0.25) is 4.79 Å². The van der Waals surface area contributed by atoms with Gasteiger partial charge >= 0.3 is 0 Å². The van der Waals surface area contributed by atoms with Crippen LogP contribution >= 0.6 is 0 Å². The van der Waals surface area contributed by atoms with E-state index in [0.29, 0.717) is 36.1 Å². The van der Waals surface area contributed by atoms with E-state index in [-0.39, 0.29) is 12.0 Å². The van der Waals surface area contributed by atoms with Crippen LogP contribution in [0.4, 0.5) is 10.1 Å². The van der Waals surface area contributed by atoms with E-state index < -0.39 is 6.67 Å². The lowest BCUT2D eigenvalue weighted by Crippen LogP contribution is -2.31. The van der Waals surface area contributed by atoms with Gasteiger partial charge in [0.25, 0.3) is 0 Å². The summed E-state index contributed by atoms with van der Waals surface area (Å²) in [6.07, 6.45) is 3.69. The molecule has 1 aliphatic rings. The van der Waals surface area contributed by atoms with Crippen molar-refractivity contribution in [1.82, 2.24) is 15.0 Å². The molecule has 1 saturated heterocycles. The van der Waals surface area contributed by atoms with Crippen molar-refractivity contribution in [2.75, 3.05) is 25.1 Å². The molecule has 8 heteroatoms. The number of carbonyl (C=O) groups is 1. The first-order valence-corrected chi connectivity index (χ1v) is 8.65. The first-order valence-electron chi connectivity index (χ1n) is 8.65. The predicted molar refractivity (Wildman–Crippen MR) is 96.3 cm³/mol. The van der Waals surface area contributed by atoms with Crippen molar-refractivity contribution >= 4 is 18.3 Å². The van der Waals surface area contributed by atoms with E-state index in [4.69, 9.17) is 9.93 Å². The molecular weight excluding hydrogens is 337 g/mol. The van der Waals surface area contributed by atoms with Gasteiger partial charge in [0.05, 0.1) is 6.04 Å². The standard InChI is InChI=1S/C18H22FN5O2/c1-12(9-19)21-16-8-14(2-3-15(16)10-20)17-22-18(26-23-17)13-4-6-24(11-25)7-5-13/h2-3,8,10-13,20-21H,4-7,9H2,1H3. The van der Waals surface area contributed by atoms with Crippen molar-refractivity contribution in [3.63, 3.8) is 0 Å². The Morgan fingerprint density at radius 3 is 2.88 bits per heavy atom. The Balaban J connectivity index is 1.79. The molecule has 0 bridgehead atoms. The second-order valence-corrected chi connectivity index (χ2v) is 6.52.